The number of amides is 1. The van der Waals surface area contributed by atoms with Gasteiger partial charge >= 0.3 is 5.97 Å². The van der Waals surface area contributed by atoms with Crippen LogP contribution in [0.1, 0.15) is 50.2 Å². The molecule has 2 atom stereocenters. The number of carboxylic acids is 1. The number of aliphatic carboxylic acids is 1. The summed E-state index contributed by atoms with van der Waals surface area (Å²) in [4.78, 5) is 27.3. The Balaban J connectivity index is 1.73. The van der Waals surface area contributed by atoms with E-state index in [1.807, 2.05) is 61.5 Å². The predicted octanol–water partition coefficient (Wildman–Crippen LogP) is 4.08. The van der Waals surface area contributed by atoms with Crippen LogP contribution in [-0.2, 0) is 16.2 Å². The van der Waals surface area contributed by atoms with Gasteiger partial charge in [-0.2, -0.15) is 0 Å². The lowest BCUT2D eigenvalue weighted by molar-refractivity contribution is -0.150. The zero-order valence-corrected chi connectivity index (χ0v) is 18.8. The second-order valence-corrected chi connectivity index (χ2v) is 8.95. The zero-order chi connectivity index (χ0) is 22.9. The number of likely N-dealkylation sites (N-methyl/N-ethyl adjacent to an activating group) is 1. The lowest BCUT2D eigenvalue weighted by atomic mass is 9.74. The quantitative estimate of drug-likeness (QED) is 0.687. The van der Waals surface area contributed by atoms with Crippen LogP contribution in [0.4, 0.5) is 0 Å². The Morgan fingerprint density at radius 3 is 2.44 bits per heavy atom. The van der Waals surface area contributed by atoms with Crippen molar-refractivity contribution in [1.29, 1.82) is 0 Å². The smallest absolute Gasteiger partial charge is 0.329 e. The van der Waals surface area contributed by atoms with Crippen molar-refractivity contribution in [2.75, 3.05) is 7.05 Å². The Hall–Kier alpha value is -3.28. The number of benzene rings is 2. The highest BCUT2D eigenvalue weighted by Gasteiger charge is 2.48. The number of nitrogens with zero attached hydrogens (tertiary/aromatic N) is 1. The summed E-state index contributed by atoms with van der Waals surface area (Å²) in [5, 5.41) is 13.2. The summed E-state index contributed by atoms with van der Waals surface area (Å²) in [6, 6.07) is 17.7. The maximum absolute atomic E-state index is 13.3. The second kappa shape index (κ2) is 8.69. The van der Waals surface area contributed by atoms with Gasteiger partial charge in [0.25, 0.3) is 0 Å². The fourth-order valence-electron chi connectivity index (χ4n) is 4.38. The highest BCUT2D eigenvalue weighted by molar-refractivity contribution is 5.97. The first-order valence-corrected chi connectivity index (χ1v) is 11.1. The summed E-state index contributed by atoms with van der Waals surface area (Å²) < 4.78 is 6.17. The van der Waals surface area contributed by atoms with E-state index < -0.39 is 17.4 Å². The van der Waals surface area contributed by atoms with E-state index >= 15 is 0 Å². The molecule has 2 aliphatic rings. The highest BCUT2D eigenvalue weighted by Crippen LogP contribution is 2.46. The Labute approximate surface area is 188 Å². The molecule has 1 aliphatic heterocycles. The van der Waals surface area contributed by atoms with Gasteiger partial charge in [0.2, 0.25) is 5.91 Å². The van der Waals surface area contributed by atoms with Crippen LogP contribution in [0.5, 0.6) is 5.75 Å². The Bertz CT molecular complexity index is 1040. The first-order chi connectivity index (χ1) is 15.3. The average molecular weight is 435 g/mol. The molecule has 32 heavy (non-hydrogen) atoms. The van der Waals surface area contributed by atoms with Crippen LogP contribution in [0.2, 0.25) is 0 Å². The van der Waals surface area contributed by atoms with Crippen molar-refractivity contribution in [3.05, 3.63) is 77.0 Å². The van der Waals surface area contributed by atoms with Crippen LogP contribution in [0.25, 0.3) is 0 Å². The molecule has 168 valence electrons. The van der Waals surface area contributed by atoms with Crippen LogP contribution in [0.15, 0.2) is 65.9 Å². The number of para-hydroxylation sites is 1. The number of allylic oxidation sites excluding steroid dienone is 1. The van der Waals surface area contributed by atoms with Gasteiger partial charge < -0.3 is 20.1 Å². The first-order valence-electron chi connectivity index (χ1n) is 11.1. The van der Waals surface area contributed by atoms with Crippen LogP contribution in [0, 0.1) is 0 Å². The molecule has 0 bridgehead atoms. The number of nitrogens with one attached hydrogen (secondary N) is 1. The van der Waals surface area contributed by atoms with Crippen molar-refractivity contribution < 1.29 is 19.4 Å². The van der Waals surface area contributed by atoms with Gasteiger partial charge in [0.1, 0.15) is 17.9 Å². The lowest BCUT2D eigenvalue weighted by Crippen LogP contribution is -2.54. The lowest BCUT2D eigenvalue weighted by Gasteiger charge is -2.45. The number of carbonyl (C=O) groups excluding carboxylic acids is 1. The number of carboxylic acid groups (broad SMARTS) is 1. The average Bonchev–Trinajstić information content (AvgIpc) is 3.60. The zero-order valence-electron chi connectivity index (χ0n) is 18.8. The summed E-state index contributed by atoms with van der Waals surface area (Å²) in [6.45, 7) is 3.95. The summed E-state index contributed by atoms with van der Waals surface area (Å²) in [5.41, 5.74) is 2.05. The van der Waals surface area contributed by atoms with Crippen LogP contribution < -0.4 is 10.1 Å². The number of carbonyl (C=O) groups is 2. The summed E-state index contributed by atoms with van der Waals surface area (Å²) >= 11 is 0. The molecule has 1 saturated carbocycles. The van der Waals surface area contributed by atoms with Crippen molar-refractivity contribution in [3.8, 4) is 5.75 Å². The Morgan fingerprint density at radius 2 is 1.78 bits per heavy atom. The molecule has 0 radical (unpaired) electrons. The van der Waals surface area contributed by atoms with E-state index in [-0.39, 0.29) is 18.4 Å². The van der Waals surface area contributed by atoms with Crippen molar-refractivity contribution in [2.45, 2.75) is 57.2 Å². The van der Waals surface area contributed by atoms with Gasteiger partial charge in [0, 0.05) is 35.8 Å². The number of hydrogen-bond acceptors (Lipinski definition) is 4. The standard InChI is InChI=1S/C26H30N2O4/c1-17-23(24(29)27-19-13-14-19)21(15-26(2,25(30)31)28(17)3)20-11-7-8-12-22(20)32-16-18-9-5-4-6-10-18/h4-12,19,21H,13-16H2,1-3H3,(H,27,29)(H,30,31). The maximum atomic E-state index is 13.3. The number of ether oxygens (including phenoxy) is 1. The van der Waals surface area contributed by atoms with Crippen LogP contribution in [-0.4, -0.2) is 40.5 Å². The SMILES string of the molecule is CC1=C(C(=O)NC2CC2)C(c2ccccc2OCc2ccccc2)CC(C)(C(=O)O)N1C. The summed E-state index contributed by atoms with van der Waals surface area (Å²) in [6.07, 6.45) is 2.25. The van der Waals surface area contributed by atoms with Gasteiger partial charge in [-0.25, -0.2) is 4.79 Å². The molecular weight excluding hydrogens is 404 g/mol. The minimum atomic E-state index is -1.13. The highest BCUT2D eigenvalue weighted by atomic mass is 16.5. The molecule has 6 heteroatoms. The summed E-state index contributed by atoms with van der Waals surface area (Å²) in [7, 11) is 1.75. The molecular formula is C26H30N2O4. The monoisotopic (exact) mass is 434 g/mol. The molecule has 2 aromatic carbocycles. The largest absolute Gasteiger partial charge is 0.489 e. The third-order valence-electron chi connectivity index (χ3n) is 6.73. The molecule has 2 N–H and O–H groups in total. The normalized spacial score (nSPS) is 23.1. The van der Waals surface area contributed by atoms with Crippen molar-refractivity contribution in [2.24, 2.45) is 0 Å². The molecule has 2 unspecified atom stereocenters. The van der Waals surface area contributed by atoms with Crippen molar-refractivity contribution in [1.82, 2.24) is 10.2 Å². The van der Waals surface area contributed by atoms with E-state index in [1.165, 1.54) is 0 Å². The molecule has 6 nitrogen and oxygen atoms in total. The van der Waals surface area contributed by atoms with E-state index in [4.69, 9.17) is 4.74 Å². The number of rotatable bonds is 7. The minimum absolute atomic E-state index is 0.118. The van der Waals surface area contributed by atoms with Crippen molar-refractivity contribution in [3.63, 3.8) is 0 Å². The fourth-order valence-corrected chi connectivity index (χ4v) is 4.38. The third-order valence-corrected chi connectivity index (χ3v) is 6.73. The molecule has 0 saturated heterocycles. The molecule has 1 amide bonds. The van der Waals surface area contributed by atoms with Gasteiger partial charge in [-0.15, -0.1) is 0 Å². The molecule has 0 spiro atoms. The topological polar surface area (TPSA) is 78.9 Å². The molecule has 1 fully saturated rings. The minimum Gasteiger partial charge on any atom is -0.489 e. The molecule has 0 aromatic heterocycles. The van der Waals surface area contributed by atoms with E-state index in [0.717, 1.165) is 24.0 Å². The van der Waals surface area contributed by atoms with Crippen LogP contribution in [0.3, 0.4) is 0 Å². The van der Waals surface area contributed by atoms with Gasteiger partial charge in [-0.1, -0.05) is 48.5 Å². The van der Waals surface area contributed by atoms with E-state index in [9.17, 15) is 14.7 Å². The third kappa shape index (κ3) is 4.22. The van der Waals surface area contributed by atoms with Gasteiger partial charge in [-0.05, 0) is 44.7 Å². The van der Waals surface area contributed by atoms with Gasteiger partial charge in [-0.3, -0.25) is 4.79 Å². The van der Waals surface area contributed by atoms with Gasteiger partial charge in [0.05, 0.1) is 0 Å². The van der Waals surface area contributed by atoms with Gasteiger partial charge in [0.15, 0.2) is 0 Å². The van der Waals surface area contributed by atoms with Crippen LogP contribution >= 0.6 is 0 Å². The molecule has 1 aliphatic carbocycles. The second-order valence-electron chi connectivity index (χ2n) is 8.95. The number of hydrogen-bond donors (Lipinski definition) is 2. The maximum Gasteiger partial charge on any atom is 0.329 e. The first kappa shape index (κ1) is 21.9. The van der Waals surface area contributed by atoms with Crippen molar-refractivity contribution >= 4 is 11.9 Å². The fraction of sp³-hybridized carbons (Fsp3) is 0.385. The molecule has 4 rings (SSSR count). The predicted molar refractivity (Wildman–Crippen MR) is 122 cm³/mol. The van der Waals surface area contributed by atoms with E-state index in [1.54, 1.807) is 18.9 Å². The molecule has 1 heterocycles. The van der Waals surface area contributed by atoms with E-state index in [0.29, 0.717) is 23.6 Å². The summed E-state index contributed by atoms with van der Waals surface area (Å²) in [5.74, 6) is -0.748. The Kier molecular flexibility index (Phi) is 5.96. The molecule has 2 aromatic rings. The Morgan fingerprint density at radius 1 is 1.12 bits per heavy atom. The van der Waals surface area contributed by atoms with E-state index in [2.05, 4.69) is 5.32 Å².